The maximum Gasteiger partial charge on any atom is 0.185 e. The van der Waals surface area contributed by atoms with E-state index in [1.54, 1.807) is 4.52 Å². The molecule has 0 saturated heterocycles. The third kappa shape index (κ3) is 2.59. The molecule has 1 aromatic carbocycles. The van der Waals surface area contributed by atoms with Crippen molar-refractivity contribution in [1.29, 1.82) is 0 Å². The molecule has 5 heteroatoms. The lowest BCUT2D eigenvalue weighted by atomic mass is 10.2. The van der Waals surface area contributed by atoms with E-state index in [9.17, 15) is 0 Å². The second kappa shape index (κ2) is 5.16. The first kappa shape index (κ1) is 12.3. The molecule has 3 aromatic rings. The second-order valence-electron chi connectivity index (χ2n) is 5.54. The number of benzene rings is 1. The maximum absolute atomic E-state index is 4.61. The summed E-state index contributed by atoms with van der Waals surface area (Å²) < 4.78 is 1.80. The van der Waals surface area contributed by atoms with E-state index in [4.69, 9.17) is 0 Å². The average Bonchev–Trinajstić information content (AvgIpc) is 3.26. The minimum atomic E-state index is 0.765. The highest BCUT2D eigenvalue weighted by Gasteiger charge is 2.20. The summed E-state index contributed by atoms with van der Waals surface area (Å²) >= 11 is 0. The molecule has 1 aliphatic carbocycles. The highest BCUT2D eigenvalue weighted by atomic mass is 15.4. The molecule has 106 valence electrons. The van der Waals surface area contributed by atoms with E-state index in [1.165, 1.54) is 19.3 Å². The molecular formula is C16H17N5. The van der Waals surface area contributed by atoms with E-state index in [1.807, 2.05) is 42.5 Å². The summed E-state index contributed by atoms with van der Waals surface area (Å²) in [4.78, 5) is 0. The van der Waals surface area contributed by atoms with Gasteiger partial charge in [-0.2, -0.15) is 4.52 Å². The van der Waals surface area contributed by atoms with Crippen LogP contribution in [0.25, 0.3) is 17.0 Å². The van der Waals surface area contributed by atoms with Gasteiger partial charge in [0.2, 0.25) is 0 Å². The molecule has 1 fully saturated rings. The number of anilines is 1. The van der Waals surface area contributed by atoms with Crippen molar-refractivity contribution in [3.05, 3.63) is 42.5 Å². The zero-order valence-electron chi connectivity index (χ0n) is 11.7. The minimum absolute atomic E-state index is 0.765. The van der Waals surface area contributed by atoms with E-state index >= 15 is 0 Å². The first-order valence-electron chi connectivity index (χ1n) is 7.42. The summed E-state index contributed by atoms with van der Waals surface area (Å²) in [5.41, 5.74) is 1.79. The summed E-state index contributed by atoms with van der Waals surface area (Å²) in [7, 11) is 0. The Labute approximate surface area is 123 Å². The van der Waals surface area contributed by atoms with Gasteiger partial charge in [0.05, 0.1) is 0 Å². The molecule has 0 atom stereocenters. The summed E-state index contributed by atoms with van der Waals surface area (Å²) in [6.07, 6.45) is 4.00. The van der Waals surface area contributed by atoms with Gasteiger partial charge in [0.15, 0.2) is 11.5 Å². The molecule has 2 aromatic heterocycles. The number of nitrogens with one attached hydrogen (secondary N) is 1. The van der Waals surface area contributed by atoms with Crippen LogP contribution in [0.5, 0.6) is 0 Å². The summed E-state index contributed by atoms with van der Waals surface area (Å²) in [6, 6.07) is 13.9. The van der Waals surface area contributed by atoms with E-state index in [-0.39, 0.29) is 0 Å². The monoisotopic (exact) mass is 279 g/mol. The van der Waals surface area contributed by atoms with Crippen LogP contribution in [0.2, 0.25) is 0 Å². The van der Waals surface area contributed by atoms with E-state index in [2.05, 4.69) is 20.6 Å². The number of hydrogen-bond acceptors (Lipinski definition) is 4. The van der Waals surface area contributed by atoms with Crippen molar-refractivity contribution in [3.8, 4) is 11.4 Å². The van der Waals surface area contributed by atoms with E-state index in [0.29, 0.717) is 0 Å². The van der Waals surface area contributed by atoms with Crippen LogP contribution in [0, 0.1) is 5.92 Å². The highest BCUT2D eigenvalue weighted by molar-refractivity contribution is 5.59. The standard InChI is InChI=1S/C16H17N5/c1-2-4-13(5-3-1)16-19-18-15-9-8-14(20-21(15)16)17-11-10-12-6-7-12/h1-5,8-9,12H,6-7,10-11H2,(H,17,20). The van der Waals surface area contributed by atoms with Gasteiger partial charge in [0, 0.05) is 12.1 Å². The lowest BCUT2D eigenvalue weighted by Gasteiger charge is -2.05. The maximum atomic E-state index is 4.61. The molecule has 0 bridgehead atoms. The quantitative estimate of drug-likeness (QED) is 0.780. The minimum Gasteiger partial charge on any atom is -0.369 e. The van der Waals surface area contributed by atoms with Crippen LogP contribution in [0.4, 0.5) is 5.82 Å². The topological polar surface area (TPSA) is 55.1 Å². The van der Waals surface area contributed by atoms with Crippen LogP contribution in [-0.2, 0) is 0 Å². The molecular weight excluding hydrogens is 262 g/mol. The molecule has 0 spiro atoms. The van der Waals surface area contributed by atoms with Gasteiger partial charge >= 0.3 is 0 Å². The second-order valence-corrected chi connectivity index (χ2v) is 5.54. The number of rotatable bonds is 5. The Kier molecular flexibility index (Phi) is 3.03. The Morgan fingerprint density at radius 2 is 1.90 bits per heavy atom. The Morgan fingerprint density at radius 1 is 1.05 bits per heavy atom. The molecule has 0 radical (unpaired) electrons. The normalized spacial score (nSPS) is 14.5. The van der Waals surface area contributed by atoms with Crippen LogP contribution in [0.1, 0.15) is 19.3 Å². The number of hydrogen-bond donors (Lipinski definition) is 1. The van der Waals surface area contributed by atoms with Crippen LogP contribution >= 0.6 is 0 Å². The van der Waals surface area contributed by atoms with Gasteiger partial charge in [-0.3, -0.25) is 0 Å². The van der Waals surface area contributed by atoms with E-state index < -0.39 is 0 Å². The Balaban J connectivity index is 1.62. The van der Waals surface area contributed by atoms with Gasteiger partial charge in [-0.05, 0) is 24.5 Å². The van der Waals surface area contributed by atoms with Crippen LogP contribution in [0.15, 0.2) is 42.5 Å². The van der Waals surface area contributed by atoms with Crippen molar-refractivity contribution < 1.29 is 0 Å². The molecule has 1 N–H and O–H groups in total. The SMILES string of the molecule is c1ccc(-c2nnc3ccc(NCCC4CC4)nn23)cc1. The molecule has 21 heavy (non-hydrogen) atoms. The van der Waals surface area contributed by atoms with Crippen molar-refractivity contribution >= 4 is 11.5 Å². The Hall–Kier alpha value is -2.43. The molecule has 1 aliphatic rings. The van der Waals surface area contributed by atoms with Gasteiger partial charge in [-0.25, -0.2) is 0 Å². The van der Waals surface area contributed by atoms with Crippen molar-refractivity contribution in [2.24, 2.45) is 5.92 Å². The van der Waals surface area contributed by atoms with Gasteiger partial charge in [0.1, 0.15) is 5.82 Å². The van der Waals surface area contributed by atoms with Crippen molar-refractivity contribution in [2.75, 3.05) is 11.9 Å². The summed E-state index contributed by atoms with van der Waals surface area (Å²) in [5.74, 6) is 2.58. The third-order valence-corrected chi connectivity index (χ3v) is 3.85. The molecule has 4 rings (SSSR count). The number of nitrogens with zero attached hydrogens (tertiary/aromatic N) is 4. The molecule has 0 unspecified atom stereocenters. The molecule has 1 saturated carbocycles. The Morgan fingerprint density at radius 3 is 2.71 bits per heavy atom. The lowest BCUT2D eigenvalue weighted by molar-refractivity contribution is 0.755. The highest BCUT2D eigenvalue weighted by Crippen LogP contribution is 2.32. The number of fused-ring (bicyclic) bond motifs is 1. The predicted molar refractivity (Wildman–Crippen MR) is 82.0 cm³/mol. The zero-order chi connectivity index (χ0) is 14.1. The molecule has 0 amide bonds. The smallest absolute Gasteiger partial charge is 0.185 e. The average molecular weight is 279 g/mol. The fourth-order valence-electron chi connectivity index (χ4n) is 2.46. The van der Waals surface area contributed by atoms with Crippen LogP contribution < -0.4 is 5.32 Å². The molecule has 0 aliphatic heterocycles. The summed E-state index contributed by atoms with van der Waals surface area (Å²) in [6.45, 7) is 0.978. The third-order valence-electron chi connectivity index (χ3n) is 3.85. The van der Waals surface area contributed by atoms with Gasteiger partial charge in [-0.15, -0.1) is 15.3 Å². The van der Waals surface area contributed by atoms with Gasteiger partial charge in [0.25, 0.3) is 0 Å². The first-order chi connectivity index (χ1) is 10.4. The summed E-state index contributed by atoms with van der Waals surface area (Å²) in [5, 5.41) is 16.4. The van der Waals surface area contributed by atoms with Crippen molar-refractivity contribution in [3.63, 3.8) is 0 Å². The fraction of sp³-hybridized carbons (Fsp3) is 0.312. The van der Waals surface area contributed by atoms with Crippen LogP contribution in [0.3, 0.4) is 0 Å². The van der Waals surface area contributed by atoms with E-state index in [0.717, 1.165) is 35.3 Å². The van der Waals surface area contributed by atoms with Crippen molar-refractivity contribution in [1.82, 2.24) is 19.8 Å². The molecule has 5 nitrogen and oxygen atoms in total. The van der Waals surface area contributed by atoms with Gasteiger partial charge < -0.3 is 5.32 Å². The first-order valence-corrected chi connectivity index (χ1v) is 7.42. The molecule has 2 heterocycles. The fourth-order valence-corrected chi connectivity index (χ4v) is 2.46. The largest absolute Gasteiger partial charge is 0.369 e. The van der Waals surface area contributed by atoms with Gasteiger partial charge in [-0.1, -0.05) is 43.2 Å². The number of aromatic nitrogens is 4. The predicted octanol–water partition coefficient (Wildman–Crippen LogP) is 3.00. The van der Waals surface area contributed by atoms with Crippen LogP contribution in [-0.4, -0.2) is 26.4 Å². The lowest BCUT2D eigenvalue weighted by Crippen LogP contribution is -2.06. The zero-order valence-corrected chi connectivity index (χ0v) is 11.7. The van der Waals surface area contributed by atoms with Crippen molar-refractivity contribution in [2.45, 2.75) is 19.3 Å². The Bertz CT molecular complexity index is 746.